The molecule has 2 aliphatic heterocycles. The van der Waals surface area contributed by atoms with Crippen LogP contribution in [0.2, 0.25) is 0 Å². The first-order valence-electron chi connectivity index (χ1n) is 10.5. The Morgan fingerprint density at radius 2 is 1.71 bits per heavy atom. The van der Waals surface area contributed by atoms with Gasteiger partial charge in [-0.2, -0.15) is 0 Å². The predicted octanol–water partition coefficient (Wildman–Crippen LogP) is 4.23. The van der Waals surface area contributed by atoms with Crippen molar-refractivity contribution in [3.63, 3.8) is 0 Å². The Hall–Kier alpha value is -2.22. The number of hydrogen-bond donors (Lipinski definition) is 0. The monoisotopic (exact) mass is 426 g/mol. The number of benzene rings is 2. The van der Waals surface area contributed by atoms with Gasteiger partial charge in [0.25, 0.3) is 0 Å². The number of hydrogen-bond acceptors (Lipinski definition) is 6. The van der Waals surface area contributed by atoms with Crippen molar-refractivity contribution in [1.29, 1.82) is 0 Å². The van der Waals surface area contributed by atoms with Gasteiger partial charge in [-0.15, -0.1) is 6.58 Å². The summed E-state index contributed by atoms with van der Waals surface area (Å²) in [6, 6.07) is 17.8. The summed E-state index contributed by atoms with van der Waals surface area (Å²) in [5.41, 5.74) is 2.11. The van der Waals surface area contributed by atoms with E-state index in [1.807, 2.05) is 68.4 Å². The molecule has 6 heteroatoms. The zero-order chi connectivity index (χ0) is 21.8. The van der Waals surface area contributed by atoms with Crippen molar-refractivity contribution in [2.75, 3.05) is 7.11 Å². The maximum atomic E-state index is 6.30. The van der Waals surface area contributed by atoms with Crippen molar-refractivity contribution in [3.05, 3.63) is 78.4 Å². The highest BCUT2D eigenvalue weighted by Gasteiger charge is 2.57. The first-order chi connectivity index (χ1) is 15.0. The zero-order valence-electron chi connectivity index (χ0n) is 18.2. The maximum absolute atomic E-state index is 6.30. The van der Waals surface area contributed by atoms with Gasteiger partial charge in [0.2, 0.25) is 0 Å². The van der Waals surface area contributed by atoms with Crippen molar-refractivity contribution < 1.29 is 28.4 Å². The predicted molar refractivity (Wildman–Crippen MR) is 115 cm³/mol. The van der Waals surface area contributed by atoms with Crippen LogP contribution in [0.3, 0.4) is 0 Å². The molecule has 1 unspecified atom stereocenters. The molecule has 166 valence electrons. The molecule has 0 amide bonds. The summed E-state index contributed by atoms with van der Waals surface area (Å²) >= 11 is 0. The molecule has 2 aromatic rings. The van der Waals surface area contributed by atoms with Crippen LogP contribution in [0.1, 0.15) is 25.0 Å². The van der Waals surface area contributed by atoms with E-state index in [1.54, 1.807) is 13.2 Å². The molecule has 0 N–H and O–H groups in total. The molecule has 0 bridgehead atoms. The van der Waals surface area contributed by atoms with E-state index in [2.05, 4.69) is 6.58 Å². The summed E-state index contributed by atoms with van der Waals surface area (Å²) in [6.45, 7) is 8.57. The largest absolute Gasteiger partial charge is 0.497 e. The van der Waals surface area contributed by atoms with Crippen molar-refractivity contribution in [1.82, 2.24) is 0 Å². The summed E-state index contributed by atoms with van der Waals surface area (Å²) in [7, 11) is 1.65. The second kappa shape index (κ2) is 9.51. The lowest BCUT2D eigenvalue weighted by molar-refractivity contribution is -0.230. The molecular formula is C25H30O6. The summed E-state index contributed by atoms with van der Waals surface area (Å²) in [6.07, 6.45) is -0.233. The van der Waals surface area contributed by atoms with Crippen LogP contribution in [0, 0.1) is 0 Å². The topological polar surface area (TPSA) is 55.4 Å². The van der Waals surface area contributed by atoms with Gasteiger partial charge in [-0.05, 0) is 37.1 Å². The van der Waals surface area contributed by atoms with Crippen molar-refractivity contribution >= 4 is 0 Å². The van der Waals surface area contributed by atoms with Gasteiger partial charge in [0.15, 0.2) is 12.1 Å². The Kier molecular flexibility index (Phi) is 6.74. The normalized spacial score (nSPS) is 27.6. The summed E-state index contributed by atoms with van der Waals surface area (Å²) in [5, 5.41) is 0. The van der Waals surface area contributed by atoms with Gasteiger partial charge in [0.05, 0.1) is 20.3 Å². The second-order valence-corrected chi connectivity index (χ2v) is 8.19. The SMILES string of the molecule is C=C[C@@H](OCc1ccc(OC)cc1)C1O[C@@H]2OC(C)(C)O[C@@H]2[C@H]1OCc1ccccc1. The third kappa shape index (κ3) is 5.17. The quantitative estimate of drug-likeness (QED) is 0.560. The molecular weight excluding hydrogens is 396 g/mol. The standard InChI is InChI=1S/C25H30O6/c1-5-20(27-15-18-11-13-19(26-4)14-12-18)21-22(28-16-17-9-7-6-8-10-17)23-24(29-21)31-25(2,3)30-23/h5-14,20-24H,1,15-16H2,2-4H3/t20-,21?,22+,23-,24-/m1/s1. The number of ether oxygens (including phenoxy) is 6. The van der Waals surface area contributed by atoms with Crippen molar-refractivity contribution in [2.45, 2.75) is 63.6 Å². The molecule has 31 heavy (non-hydrogen) atoms. The molecule has 2 aliphatic rings. The molecule has 0 aromatic heterocycles. The minimum absolute atomic E-state index is 0.337. The van der Waals surface area contributed by atoms with E-state index in [0.29, 0.717) is 13.2 Å². The molecule has 0 aliphatic carbocycles. The molecule has 6 nitrogen and oxygen atoms in total. The fourth-order valence-corrected chi connectivity index (χ4v) is 3.94. The minimum atomic E-state index is -0.720. The molecule has 5 atom stereocenters. The Morgan fingerprint density at radius 3 is 2.39 bits per heavy atom. The van der Waals surface area contributed by atoms with Gasteiger partial charge in [-0.1, -0.05) is 48.5 Å². The lowest BCUT2D eigenvalue weighted by Gasteiger charge is -2.29. The van der Waals surface area contributed by atoms with Crippen LogP contribution in [0.15, 0.2) is 67.3 Å². The molecule has 4 rings (SSSR count). The Morgan fingerprint density at radius 1 is 1.00 bits per heavy atom. The molecule has 2 fully saturated rings. The van der Waals surface area contributed by atoms with Crippen LogP contribution in [0.4, 0.5) is 0 Å². The van der Waals surface area contributed by atoms with E-state index in [0.717, 1.165) is 16.9 Å². The third-order valence-electron chi connectivity index (χ3n) is 5.47. The van der Waals surface area contributed by atoms with E-state index in [9.17, 15) is 0 Å². The van der Waals surface area contributed by atoms with Crippen LogP contribution >= 0.6 is 0 Å². The van der Waals surface area contributed by atoms with E-state index < -0.39 is 18.2 Å². The summed E-state index contributed by atoms with van der Waals surface area (Å²) < 4.78 is 35.9. The average Bonchev–Trinajstić information content (AvgIpc) is 3.25. The smallest absolute Gasteiger partial charge is 0.190 e. The summed E-state index contributed by atoms with van der Waals surface area (Å²) in [5.74, 6) is 0.0877. The van der Waals surface area contributed by atoms with Crippen LogP contribution in [-0.4, -0.2) is 43.6 Å². The maximum Gasteiger partial charge on any atom is 0.190 e. The highest BCUT2D eigenvalue weighted by Crippen LogP contribution is 2.40. The van der Waals surface area contributed by atoms with Crippen molar-refractivity contribution in [2.24, 2.45) is 0 Å². The highest BCUT2D eigenvalue weighted by atomic mass is 16.8. The highest BCUT2D eigenvalue weighted by molar-refractivity contribution is 5.26. The van der Waals surface area contributed by atoms with Crippen LogP contribution in [0.25, 0.3) is 0 Å². The fourth-order valence-electron chi connectivity index (χ4n) is 3.94. The Bertz CT molecular complexity index is 850. The number of methoxy groups -OCH3 is 1. The molecule has 2 aromatic carbocycles. The molecule has 0 radical (unpaired) electrons. The van der Waals surface area contributed by atoms with Gasteiger partial charge in [0, 0.05) is 0 Å². The van der Waals surface area contributed by atoms with Crippen LogP contribution in [-0.2, 0) is 36.9 Å². The molecule has 0 spiro atoms. The third-order valence-corrected chi connectivity index (χ3v) is 5.47. The average molecular weight is 427 g/mol. The minimum Gasteiger partial charge on any atom is -0.497 e. The van der Waals surface area contributed by atoms with Gasteiger partial charge in [0.1, 0.15) is 30.2 Å². The van der Waals surface area contributed by atoms with E-state index in [1.165, 1.54) is 0 Å². The molecule has 2 heterocycles. The Balaban J connectivity index is 1.45. The lowest BCUT2D eigenvalue weighted by Crippen LogP contribution is -2.43. The fraction of sp³-hybridized carbons (Fsp3) is 0.440. The zero-order valence-corrected chi connectivity index (χ0v) is 18.2. The van der Waals surface area contributed by atoms with Gasteiger partial charge >= 0.3 is 0 Å². The van der Waals surface area contributed by atoms with Gasteiger partial charge < -0.3 is 28.4 Å². The van der Waals surface area contributed by atoms with Gasteiger partial charge in [-0.25, -0.2) is 0 Å². The van der Waals surface area contributed by atoms with E-state index in [-0.39, 0.29) is 18.3 Å². The number of rotatable bonds is 9. The summed E-state index contributed by atoms with van der Waals surface area (Å²) in [4.78, 5) is 0. The first-order valence-corrected chi connectivity index (χ1v) is 10.5. The van der Waals surface area contributed by atoms with Gasteiger partial charge in [-0.3, -0.25) is 0 Å². The van der Waals surface area contributed by atoms with Crippen LogP contribution in [0.5, 0.6) is 5.75 Å². The Labute approximate surface area is 183 Å². The second-order valence-electron chi connectivity index (χ2n) is 8.19. The number of fused-ring (bicyclic) bond motifs is 1. The molecule has 2 saturated heterocycles. The van der Waals surface area contributed by atoms with Crippen LogP contribution < -0.4 is 4.74 Å². The lowest BCUT2D eigenvalue weighted by atomic mass is 10.0. The van der Waals surface area contributed by atoms with E-state index >= 15 is 0 Å². The van der Waals surface area contributed by atoms with E-state index in [4.69, 9.17) is 28.4 Å². The first kappa shape index (κ1) is 22.0. The van der Waals surface area contributed by atoms with Crippen molar-refractivity contribution in [3.8, 4) is 5.75 Å². The molecule has 0 saturated carbocycles.